The molecule has 2 rings (SSSR count). The third-order valence-electron chi connectivity index (χ3n) is 3.41. The second kappa shape index (κ2) is 6.12. The Kier molecular flexibility index (Phi) is 4.50. The zero-order valence-corrected chi connectivity index (χ0v) is 11.6. The van der Waals surface area contributed by atoms with Crippen molar-refractivity contribution in [1.29, 1.82) is 0 Å². The van der Waals surface area contributed by atoms with Gasteiger partial charge in [0.05, 0.1) is 26.9 Å². The minimum Gasteiger partial charge on any atom is -0.496 e. The fourth-order valence-electron chi connectivity index (χ4n) is 2.41. The molecule has 2 atom stereocenters. The summed E-state index contributed by atoms with van der Waals surface area (Å²) in [6.07, 6.45) is 1.71. The van der Waals surface area contributed by atoms with Crippen LogP contribution in [0.2, 0.25) is 0 Å². The summed E-state index contributed by atoms with van der Waals surface area (Å²) in [5.74, 6) is 2.04. The molecular weight excluding hydrogens is 246 g/mol. The molecule has 0 spiro atoms. The van der Waals surface area contributed by atoms with E-state index >= 15 is 0 Å². The Morgan fingerprint density at radius 1 is 1.11 bits per heavy atom. The second-order valence-electron chi connectivity index (χ2n) is 4.54. The van der Waals surface area contributed by atoms with Crippen LogP contribution in [0.3, 0.4) is 0 Å². The Bertz CT molecular complexity index is 410. The molecule has 1 heterocycles. The van der Waals surface area contributed by atoms with Crippen molar-refractivity contribution in [2.75, 3.05) is 27.9 Å². The molecule has 0 radical (unpaired) electrons. The van der Waals surface area contributed by atoms with Crippen LogP contribution in [-0.4, -0.2) is 34.0 Å². The molecule has 0 bridgehead atoms. The Balaban J connectivity index is 2.46. The average Bonchev–Trinajstić information content (AvgIpc) is 2.46. The van der Waals surface area contributed by atoms with Crippen LogP contribution in [0.15, 0.2) is 12.1 Å². The molecule has 1 aliphatic heterocycles. The van der Waals surface area contributed by atoms with Crippen molar-refractivity contribution in [2.45, 2.75) is 25.0 Å². The zero-order valence-electron chi connectivity index (χ0n) is 11.6. The summed E-state index contributed by atoms with van der Waals surface area (Å²) >= 11 is 0. The maximum absolute atomic E-state index is 6.16. The first-order valence-electron chi connectivity index (χ1n) is 6.38. The summed E-state index contributed by atoms with van der Waals surface area (Å²) < 4.78 is 21.9. The number of rotatable bonds is 4. The molecule has 5 heteroatoms. The van der Waals surface area contributed by atoms with Crippen LogP contribution < -0.4 is 19.9 Å². The lowest BCUT2D eigenvalue weighted by molar-refractivity contribution is -0.00248. The molecule has 1 saturated heterocycles. The van der Waals surface area contributed by atoms with Crippen LogP contribution in [0.1, 0.15) is 24.5 Å². The summed E-state index contributed by atoms with van der Waals surface area (Å²) in [7, 11) is 4.84. The molecule has 0 aromatic heterocycles. The van der Waals surface area contributed by atoms with Crippen molar-refractivity contribution in [3.05, 3.63) is 17.7 Å². The van der Waals surface area contributed by atoms with E-state index in [1.54, 1.807) is 21.3 Å². The Morgan fingerprint density at radius 2 is 1.74 bits per heavy atom. The van der Waals surface area contributed by atoms with E-state index in [1.807, 2.05) is 12.1 Å². The molecule has 1 aromatic carbocycles. The van der Waals surface area contributed by atoms with Gasteiger partial charge < -0.3 is 24.7 Å². The molecule has 1 fully saturated rings. The standard InChI is InChI=1S/C14H21NO4/c1-16-9-7-11(17-2)13(12(8-9)18-3)14-10(15)5-4-6-19-14/h7-8,10,14H,4-6,15H2,1-3H3. The van der Waals surface area contributed by atoms with Gasteiger partial charge in [-0.15, -0.1) is 0 Å². The minimum atomic E-state index is -0.204. The van der Waals surface area contributed by atoms with Crippen molar-refractivity contribution >= 4 is 0 Å². The van der Waals surface area contributed by atoms with E-state index in [4.69, 9.17) is 24.7 Å². The van der Waals surface area contributed by atoms with E-state index in [-0.39, 0.29) is 12.1 Å². The van der Waals surface area contributed by atoms with Crippen LogP contribution in [0, 0.1) is 0 Å². The molecule has 2 unspecified atom stereocenters. The third kappa shape index (κ3) is 2.77. The topological polar surface area (TPSA) is 62.9 Å². The SMILES string of the molecule is COc1cc(OC)c(C2OCCCC2N)c(OC)c1. The smallest absolute Gasteiger partial charge is 0.132 e. The first kappa shape index (κ1) is 14.0. The number of ether oxygens (including phenoxy) is 4. The van der Waals surface area contributed by atoms with Gasteiger partial charge in [0.25, 0.3) is 0 Å². The van der Waals surface area contributed by atoms with Crippen LogP contribution >= 0.6 is 0 Å². The Hall–Kier alpha value is -1.46. The maximum Gasteiger partial charge on any atom is 0.132 e. The fourth-order valence-corrected chi connectivity index (χ4v) is 2.41. The average molecular weight is 267 g/mol. The van der Waals surface area contributed by atoms with Crippen LogP contribution in [0.25, 0.3) is 0 Å². The second-order valence-corrected chi connectivity index (χ2v) is 4.54. The van der Waals surface area contributed by atoms with Gasteiger partial charge in [0, 0.05) is 24.8 Å². The van der Waals surface area contributed by atoms with E-state index < -0.39 is 0 Å². The molecule has 106 valence electrons. The number of nitrogens with two attached hydrogens (primary N) is 1. The van der Waals surface area contributed by atoms with Gasteiger partial charge in [0.15, 0.2) is 0 Å². The third-order valence-corrected chi connectivity index (χ3v) is 3.41. The largest absolute Gasteiger partial charge is 0.496 e. The lowest BCUT2D eigenvalue weighted by Gasteiger charge is -2.31. The first-order chi connectivity index (χ1) is 9.21. The molecule has 1 aromatic rings. The highest BCUT2D eigenvalue weighted by Crippen LogP contribution is 2.42. The predicted molar refractivity (Wildman–Crippen MR) is 72.0 cm³/mol. The van der Waals surface area contributed by atoms with E-state index in [9.17, 15) is 0 Å². The predicted octanol–water partition coefficient (Wildman–Crippen LogP) is 1.89. The molecule has 5 nitrogen and oxygen atoms in total. The van der Waals surface area contributed by atoms with Gasteiger partial charge in [-0.25, -0.2) is 0 Å². The summed E-state index contributed by atoms with van der Waals surface area (Å²) in [6, 6.07) is 3.59. The van der Waals surface area contributed by atoms with Gasteiger partial charge in [0.1, 0.15) is 23.4 Å². The fraction of sp³-hybridized carbons (Fsp3) is 0.571. The Labute approximate surface area is 113 Å². The maximum atomic E-state index is 6.16. The molecule has 1 aliphatic rings. The number of hydrogen-bond donors (Lipinski definition) is 1. The van der Waals surface area contributed by atoms with Gasteiger partial charge in [-0.3, -0.25) is 0 Å². The summed E-state index contributed by atoms with van der Waals surface area (Å²) in [5.41, 5.74) is 7.02. The lowest BCUT2D eigenvalue weighted by atomic mass is 9.95. The normalized spacial score (nSPS) is 22.9. The monoisotopic (exact) mass is 267 g/mol. The van der Waals surface area contributed by atoms with Gasteiger partial charge in [-0.2, -0.15) is 0 Å². The van der Waals surface area contributed by atoms with Crippen LogP contribution in [-0.2, 0) is 4.74 Å². The van der Waals surface area contributed by atoms with Crippen LogP contribution in [0.4, 0.5) is 0 Å². The van der Waals surface area contributed by atoms with E-state index in [2.05, 4.69) is 0 Å². The molecule has 0 amide bonds. The number of hydrogen-bond acceptors (Lipinski definition) is 5. The highest BCUT2D eigenvalue weighted by Gasteiger charge is 2.30. The van der Waals surface area contributed by atoms with Crippen molar-refractivity contribution in [3.63, 3.8) is 0 Å². The molecule has 2 N–H and O–H groups in total. The van der Waals surface area contributed by atoms with Crippen molar-refractivity contribution in [2.24, 2.45) is 5.73 Å². The van der Waals surface area contributed by atoms with Gasteiger partial charge in [0.2, 0.25) is 0 Å². The highest BCUT2D eigenvalue weighted by molar-refractivity contribution is 5.52. The van der Waals surface area contributed by atoms with Gasteiger partial charge in [-0.1, -0.05) is 0 Å². The Morgan fingerprint density at radius 3 is 2.21 bits per heavy atom. The minimum absolute atomic E-state index is 0.0510. The quantitative estimate of drug-likeness (QED) is 0.902. The van der Waals surface area contributed by atoms with E-state index in [1.165, 1.54) is 0 Å². The lowest BCUT2D eigenvalue weighted by Crippen LogP contribution is -2.34. The summed E-state index contributed by atoms with van der Waals surface area (Å²) in [6.45, 7) is 0.705. The number of benzene rings is 1. The summed E-state index contributed by atoms with van der Waals surface area (Å²) in [5, 5.41) is 0. The van der Waals surface area contributed by atoms with E-state index in [0.717, 1.165) is 18.4 Å². The molecule has 0 aliphatic carbocycles. The molecule has 0 saturated carbocycles. The first-order valence-corrected chi connectivity index (χ1v) is 6.38. The molecule has 19 heavy (non-hydrogen) atoms. The number of methoxy groups -OCH3 is 3. The van der Waals surface area contributed by atoms with Gasteiger partial charge >= 0.3 is 0 Å². The van der Waals surface area contributed by atoms with Crippen molar-refractivity contribution in [3.8, 4) is 17.2 Å². The van der Waals surface area contributed by atoms with Crippen molar-refractivity contribution in [1.82, 2.24) is 0 Å². The van der Waals surface area contributed by atoms with Crippen LogP contribution in [0.5, 0.6) is 17.2 Å². The zero-order chi connectivity index (χ0) is 13.8. The van der Waals surface area contributed by atoms with E-state index in [0.29, 0.717) is 23.9 Å². The van der Waals surface area contributed by atoms with Gasteiger partial charge in [-0.05, 0) is 12.8 Å². The van der Waals surface area contributed by atoms with Crippen molar-refractivity contribution < 1.29 is 18.9 Å². The summed E-state index contributed by atoms with van der Waals surface area (Å²) in [4.78, 5) is 0. The molecular formula is C14H21NO4. The highest BCUT2D eigenvalue weighted by atomic mass is 16.5.